The third-order valence-electron chi connectivity index (χ3n) is 3.48. The number of amides is 1. The van der Waals surface area contributed by atoms with Crippen LogP contribution in [0, 0.1) is 5.92 Å². The molecule has 0 saturated carbocycles. The van der Waals surface area contributed by atoms with Crippen LogP contribution in [-0.4, -0.2) is 40.0 Å². The fourth-order valence-electron chi connectivity index (χ4n) is 2.45. The van der Waals surface area contributed by atoms with E-state index in [9.17, 15) is 9.90 Å². The van der Waals surface area contributed by atoms with Crippen LogP contribution in [0.4, 0.5) is 0 Å². The molecule has 0 bridgehead atoms. The third-order valence-corrected chi connectivity index (χ3v) is 3.48. The molecule has 3 N–H and O–H groups in total. The first kappa shape index (κ1) is 12.8. The van der Waals surface area contributed by atoms with E-state index in [0.717, 1.165) is 19.4 Å². The number of carbonyl (C=O) groups is 1. The van der Waals surface area contributed by atoms with Crippen LogP contribution in [0.2, 0.25) is 0 Å². The molecule has 98 valence electrons. The van der Waals surface area contributed by atoms with E-state index >= 15 is 0 Å². The van der Waals surface area contributed by atoms with Crippen LogP contribution in [0.3, 0.4) is 0 Å². The minimum Gasteiger partial charge on any atom is -0.506 e. The maximum atomic E-state index is 12.3. The van der Waals surface area contributed by atoms with Gasteiger partial charge >= 0.3 is 0 Å². The van der Waals surface area contributed by atoms with Crippen LogP contribution in [-0.2, 0) is 0 Å². The first-order valence-electron chi connectivity index (χ1n) is 6.27. The number of piperidine rings is 1. The fraction of sp³-hybridized carbons (Fsp3) is 0.538. The molecule has 1 saturated heterocycles. The average molecular weight is 249 g/mol. The highest BCUT2D eigenvalue weighted by atomic mass is 16.3. The zero-order valence-corrected chi connectivity index (χ0v) is 10.5. The van der Waals surface area contributed by atoms with Gasteiger partial charge in [0.1, 0.15) is 5.75 Å². The molecule has 1 aliphatic heterocycles. The predicted molar refractivity (Wildman–Crippen MR) is 68.2 cm³/mol. The van der Waals surface area contributed by atoms with Crippen molar-refractivity contribution < 1.29 is 9.90 Å². The second kappa shape index (κ2) is 5.35. The highest BCUT2D eigenvalue weighted by Gasteiger charge is 2.29. The first-order chi connectivity index (χ1) is 8.61. The zero-order valence-electron chi connectivity index (χ0n) is 10.5. The molecule has 2 unspecified atom stereocenters. The second-order valence-electron chi connectivity index (χ2n) is 4.95. The van der Waals surface area contributed by atoms with E-state index in [1.807, 2.05) is 0 Å². The Labute approximate surface area is 107 Å². The summed E-state index contributed by atoms with van der Waals surface area (Å²) in [5.41, 5.74) is 6.16. The Morgan fingerprint density at radius 2 is 2.39 bits per heavy atom. The molecule has 1 aliphatic rings. The maximum Gasteiger partial charge on any atom is 0.255 e. The summed E-state index contributed by atoms with van der Waals surface area (Å²) >= 11 is 0. The summed E-state index contributed by atoms with van der Waals surface area (Å²) in [6, 6.07) is 1.53. The Hall–Kier alpha value is -1.62. The molecule has 0 aliphatic carbocycles. The highest BCUT2D eigenvalue weighted by Crippen LogP contribution is 2.24. The summed E-state index contributed by atoms with van der Waals surface area (Å²) in [5, 5.41) is 9.37. The Morgan fingerprint density at radius 3 is 3.06 bits per heavy atom. The van der Waals surface area contributed by atoms with E-state index in [4.69, 9.17) is 5.73 Å². The molecule has 5 heteroatoms. The summed E-state index contributed by atoms with van der Waals surface area (Å²) in [4.78, 5) is 18.0. The van der Waals surface area contributed by atoms with Crippen molar-refractivity contribution >= 4 is 5.91 Å². The molecular weight excluding hydrogens is 230 g/mol. The van der Waals surface area contributed by atoms with Gasteiger partial charge in [0.25, 0.3) is 5.91 Å². The smallest absolute Gasteiger partial charge is 0.255 e. The second-order valence-corrected chi connectivity index (χ2v) is 4.95. The third kappa shape index (κ3) is 2.61. The van der Waals surface area contributed by atoms with E-state index in [1.54, 1.807) is 4.90 Å². The van der Waals surface area contributed by atoms with Gasteiger partial charge in [-0.2, -0.15) is 0 Å². The van der Waals surface area contributed by atoms with Crippen molar-refractivity contribution in [2.24, 2.45) is 11.7 Å². The Bertz CT molecular complexity index is 436. The van der Waals surface area contributed by atoms with Crippen LogP contribution in [0.15, 0.2) is 18.5 Å². The summed E-state index contributed by atoms with van der Waals surface area (Å²) in [5.74, 6) is 0.515. The van der Waals surface area contributed by atoms with Crippen LogP contribution in [0.5, 0.6) is 5.75 Å². The minimum atomic E-state index is -0.0965. The van der Waals surface area contributed by atoms with Crippen molar-refractivity contribution in [1.29, 1.82) is 0 Å². The number of rotatable bonds is 2. The first-order valence-corrected chi connectivity index (χ1v) is 6.27. The average Bonchev–Trinajstić information content (AvgIpc) is 2.37. The molecule has 2 atom stereocenters. The molecule has 18 heavy (non-hydrogen) atoms. The number of pyridine rings is 1. The number of aromatic hydroxyl groups is 1. The van der Waals surface area contributed by atoms with Gasteiger partial charge in [0.2, 0.25) is 0 Å². The van der Waals surface area contributed by atoms with Crippen molar-refractivity contribution in [1.82, 2.24) is 9.88 Å². The van der Waals surface area contributed by atoms with Gasteiger partial charge in [0.05, 0.1) is 11.8 Å². The number of aromatic nitrogens is 1. The Balaban J connectivity index is 2.17. The molecule has 1 fully saturated rings. The van der Waals surface area contributed by atoms with Crippen LogP contribution >= 0.6 is 0 Å². The van der Waals surface area contributed by atoms with Crippen molar-refractivity contribution in [2.75, 3.05) is 13.1 Å². The largest absolute Gasteiger partial charge is 0.506 e. The number of carbonyl (C=O) groups excluding carboxylic acids is 1. The van der Waals surface area contributed by atoms with Crippen molar-refractivity contribution in [3.63, 3.8) is 0 Å². The van der Waals surface area contributed by atoms with E-state index < -0.39 is 0 Å². The van der Waals surface area contributed by atoms with Gasteiger partial charge in [0, 0.05) is 25.3 Å². The van der Waals surface area contributed by atoms with E-state index in [0.29, 0.717) is 18.0 Å². The Morgan fingerprint density at radius 1 is 1.61 bits per heavy atom. The van der Waals surface area contributed by atoms with Crippen molar-refractivity contribution in [2.45, 2.75) is 25.8 Å². The standard InChI is InChI=1S/C13H19N3O2/c1-9-2-3-16(11(4-9)6-14)13(18)10-5-12(17)8-15-7-10/h5,7-9,11,17H,2-4,6,14H2,1H3. The van der Waals surface area contributed by atoms with Crippen LogP contribution in [0.1, 0.15) is 30.1 Å². The highest BCUT2D eigenvalue weighted by molar-refractivity contribution is 5.94. The van der Waals surface area contributed by atoms with E-state index in [2.05, 4.69) is 11.9 Å². The number of nitrogens with zero attached hydrogens (tertiary/aromatic N) is 2. The minimum absolute atomic E-state index is 0.00975. The molecule has 0 aromatic carbocycles. The topological polar surface area (TPSA) is 79.5 Å². The lowest BCUT2D eigenvalue weighted by molar-refractivity contribution is 0.0573. The summed E-state index contributed by atoms with van der Waals surface area (Å²) in [6.45, 7) is 3.38. The predicted octanol–water partition coefficient (Wildman–Crippen LogP) is 0.987. The molecule has 1 aromatic rings. The van der Waals surface area contributed by atoms with Gasteiger partial charge in [0.15, 0.2) is 0 Å². The molecule has 1 amide bonds. The van der Waals surface area contributed by atoms with E-state index in [-0.39, 0.29) is 17.7 Å². The van der Waals surface area contributed by atoms with Gasteiger partial charge in [-0.3, -0.25) is 9.78 Å². The molecule has 1 aromatic heterocycles. The lowest BCUT2D eigenvalue weighted by Crippen LogP contribution is -2.49. The molecule has 0 radical (unpaired) electrons. The number of likely N-dealkylation sites (tertiary alicyclic amines) is 1. The molecule has 5 nitrogen and oxygen atoms in total. The SMILES string of the molecule is CC1CCN(C(=O)c2cncc(O)c2)C(CN)C1. The summed E-state index contributed by atoms with van der Waals surface area (Å²) in [6.07, 6.45) is 4.73. The lowest BCUT2D eigenvalue weighted by atomic mass is 9.92. The van der Waals surface area contributed by atoms with Gasteiger partial charge in [-0.1, -0.05) is 6.92 Å². The molecule has 2 rings (SSSR count). The number of nitrogens with two attached hydrogens (primary N) is 1. The van der Waals surface area contributed by atoms with Gasteiger partial charge < -0.3 is 15.7 Å². The van der Waals surface area contributed by atoms with Crippen molar-refractivity contribution in [3.8, 4) is 5.75 Å². The summed E-state index contributed by atoms with van der Waals surface area (Å²) < 4.78 is 0. The van der Waals surface area contributed by atoms with Gasteiger partial charge in [-0.25, -0.2) is 0 Å². The maximum absolute atomic E-state index is 12.3. The summed E-state index contributed by atoms with van der Waals surface area (Å²) in [7, 11) is 0. The molecule has 2 heterocycles. The van der Waals surface area contributed by atoms with Gasteiger partial charge in [-0.05, 0) is 24.8 Å². The fourth-order valence-corrected chi connectivity index (χ4v) is 2.45. The quantitative estimate of drug-likeness (QED) is 0.819. The van der Waals surface area contributed by atoms with Crippen molar-refractivity contribution in [3.05, 3.63) is 24.0 Å². The molecular formula is C13H19N3O2. The monoisotopic (exact) mass is 249 g/mol. The Kier molecular flexibility index (Phi) is 3.81. The number of hydrogen-bond donors (Lipinski definition) is 2. The lowest BCUT2D eigenvalue weighted by Gasteiger charge is -2.38. The zero-order chi connectivity index (χ0) is 13.1. The van der Waals surface area contributed by atoms with E-state index in [1.165, 1.54) is 18.5 Å². The van der Waals surface area contributed by atoms with Gasteiger partial charge in [-0.15, -0.1) is 0 Å². The molecule has 0 spiro atoms. The van der Waals surface area contributed by atoms with Crippen LogP contribution < -0.4 is 5.73 Å². The normalized spacial score (nSPS) is 24.0. The van der Waals surface area contributed by atoms with Crippen LogP contribution in [0.25, 0.3) is 0 Å². The number of hydrogen-bond acceptors (Lipinski definition) is 4.